The number of rotatable bonds is 1. The summed E-state index contributed by atoms with van der Waals surface area (Å²) < 4.78 is 10.9. The fourth-order valence-electron chi connectivity index (χ4n) is 1.61. The molecule has 0 aliphatic rings. The third-order valence-electron chi connectivity index (χ3n) is 2.43. The minimum Gasteiger partial charge on any atom is -0.465 e. The van der Waals surface area contributed by atoms with Gasteiger partial charge in [-0.05, 0) is 39.0 Å². The van der Waals surface area contributed by atoms with Crippen LogP contribution in [0.1, 0.15) is 31.1 Å². The minimum atomic E-state index is -0.624. The summed E-state index contributed by atoms with van der Waals surface area (Å²) in [6.45, 7) is 5.29. The molecule has 2 rings (SSSR count). The SMILES string of the molecule is COC(=O)c1ccc2c(c1)nnn2C(=O)OC(C)(C)C. The molecule has 20 heavy (non-hydrogen) atoms. The van der Waals surface area contributed by atoms with Gasteiger partial charge < -0.3 is 9.47 Å². The summed E-state index contributed by atoms with van der Waals surface area (Å²) in [6, 6.07) is 4.62. The molecule has 1 aromatic heterocycles. The number of fused-ring (bicyclic) bond motifs is 1. The van der Waals surface area contributed by atoms with Crippen LogP contribution in [0.15, 0.2) is 18.2 Å². The molecule has 7 heteroatoms. The van der Waals surface area contributed by atoms with Gasteiger partial charge in [-0.15, -0.1) is 9.78 Å². The maximum atomic E-state index is 12.0. The number of hydrogen-bond acceptors (Lipinski definition) is 6. The Labute approximate surface area is 115 Å². The van der Waals surface area contributed by atoms with Crippen LogP contribution in [0.25, 0.3) is 11.0 Å². The molecule has 0 amide bonds. The smallest absolute Gasteiger partial charge is 0.437 e. The van der Waals surface area contributed by atoms with Crippen molar-refractivity contribution in [2.45, 2.75) is 26.4 Å². The van der Waals surface area contributed by atoms with Gasteiger partial charge in [0.15, 0.2) is 0 Å². The van der Waals surface area contributed by atoms with Crippen molar-refractivity contribution in [2.75, 3.05) is 7.11 Å². The lowest BCUT2D eigenvalue weighted by molar-refractivity contribution is 0.0518. The second-order valence-electron chi connectivity index (χ2n) is 5.18. The average Bonchev–Trinajstić information content (AvgIpc) is 2.78. The van der Waals surface area contributed by atoms with Crippen LogP contribution in [-0.2, 0) is 9.47 Å². The topological polar surface area (TPSA) is 83.3 Å². The first-order valence-corrected chi connectivity index (χ1v) is 5.99. The van der Waals surface area contributed by atoms with E-state index in [2.05, 4.69) is 15.0 Å². The van der Waals surface area contributed by atoms with E-state index in [4.69, 9.17) is 4.74 Å². The van der Waals surface area contributed by atoms with Crippen molar-refractivity contribution in [3.05, 3.63) is 23.8 Å². The van der Waals surface area contributed by atoms with Crippen LogP contribution < -0.4 is 0 Å². The summed E-state index contributed by atoms with van der Waals surface area (Å²) in [4.78, 5) is 23.4. The van der Waals surface area contributed by atoms with E-state index in [-0.39, 0.29) is 0 Å². The normalized spacial score (nSPS) is 11.4. The van der Waals surface area contributed by atoms with Crippen LogP contribution in [0, 0.1) is 0 Å². The van der Waals surface area contributed by atoms with Gasteiger partial charge in [0.1, 0.15) is 16.6 Å². The molecule has 0 fully saturated rings. The molecule has 7 nitrogen and oxygen atoms in total. The van der Waals surface area contributed by atoms with E-state index in [0.29, 0.717) is 16.6 Å². The molecule has 0 spiro atoms. The van der Waals surface area contributed by atoms with Gasteiger partial charge in [0.25, 0.3) is 0 Å². The van der Waals surface area contributed by atoms with Crippen LogP contribution in [0.4, 0.5) is 4.79 Å². The number of ether oxygens (including phenoxy) is 2. The highest BCUT2D eigenvalue weighted by atomic mass is 16.6. The number of aromatic nitrogens is 3. The van der Waals surface area contributed by atoms with E-state index < -0.39 is 17.7 Å². The van der Waals surface area contributed by atoms with Gasteiger partial charge in [0, 0.05) is 0 Å². The van der Waals surface area contributed by atoms with Gasteiger partial charge in [-0.2, -0.15) is 0 Å². The molecule has 0 unspecified atom stereocenters. The Kier molecular flexibility index (Phi) is 3.44. The van der Waals surface area contributed by atoms with Crippen LogP contribution in [0.2, 0.25) is 0 Å². The highest BCUT2D eigenvalue weighted by Crippen LogP contribution is 2.16. The summed E-state index contributed by atoms with van der Waals surface area (Å²) in [5, 5.41) is 7.60. The molecule has 0 saturated heterocycles. The van der Waals surface area contributed by atoms with E-state index >= 15 is 0 Å². The fraction of sp³-hybridized carbons (Fsp3) is 0.385. The lowest BCUT2D eigenvalue weighted by atomic mass is 10.2. The van der Waals surface area contributed by atoms with Crippen LogP contribution in [0.3, 0.4) is 0 Å². The molecule has 0 aliphatic carbocycles. The van der Waals surface area contributed by atoms with E-state index in [1.807, 2.05) is 0 Å². The second kappa shape index (κ2) is 4.92. The van der Waals surface area contributed by atoms with Crippen molar-refractivity contribution in [3.63, 3.8) is 0 Å². The Morgan fingerprint density at radius 1 is 1.25 bits per heavy atom. The molecule has 2 aromatic rings. The fourth-order valence-corrected chi connectivity index (χ4v) is 1.61. The average molecular weight is 277 g/mol. The van der Waals surface area contributed by atoms with Gasteiger partial charge >= 0.3 is 12.1 Å². The molecular weight excluding hydrogens is 262 g/mol. The standard InChI is InChI=1S/C13H15N3O4/c1-13(2,3)20-12(18)16-10-6-5-8(11(17)19-4)7-9(10)14-15-16/h5-7H,1-4H3. The van der Waals surface area contributed by atoms with Gasteiger partial charge in [-0.1, -0.05) is 5.21 Å². The Hall–Kier alpha value is -2.44. The van der Waals surface area contributed by atoms with E-state index in [1.165, 1.54) is 13.2 Å². The number of carbonyl (C=O) groups excluding carboxylic acids is 2. The molecular formula is C13H15N3O4. The summed E-state index contributed by atoms with van der Waals surface area (Å²) in [5.41, 5.74) is 0.600. The molecule has 0 saturated carbocycles. The van der Waals surface area contributed by atoms with Crippen molar-refractivity contribution in [1.82, 2.24) is 15.0 Å². The molecule has 1 heterocycles. The van der Waals surface area contributed by atoms with Crippen LogP contribution in [-0.4, -0.2) is 39.8 Å². The summed E-state index contributed by atoms with van der Waals surface area (Å²) in [6.07, 6.45) is -0.620. The Balaban J connectivity index is 2.38. The zero-order chi connectivity index (χ0) is 14.9. The molecule has 0 aliphatic heterocycles. The second-order valence-corrected chi connectivity index (χ2v) is 5.18. The maximum Gasteiger partial charge on any atom is 0.437 e. The van der Waals surface area contributed by atoms with E-state index in [9.17, 15) is 9.59 Å². The Morgan fingerprint density at radius 2 is 1.95 bits per heavy atom. The maximum absolute atomic E-state index is 12.0. The minimum absolute atomic E-state index is 0.344. The predicted octanol–water partition coefficient (Wildman–Crippen LogP) is 2.00. The largest absolute Gasteiger partial charge is 0.465 e. The number of methoxy groups -OCH3 is 1. The number of nitrogens with zero attached hydrogens (tertiary/aromatic N) is 3. The van der Waals surface area contributed by atoms with Crippen molar-refractivity contribution in [1.29, 1.82) is 0 Å². The first-order valence-electron chi connectivity index (χ1n) is 5.99. The van der Waals surface area contributed by atoms with Crippen molar-refractivity contribution >= 4 is 23.1 Å². The van der Waals surface area contributed by atoms with Gasteiger partial charge in [0.2, 0.25) is 0 Å². The highest BCUT2D eigenvalue weighted by Gasteiger charge is 2.21. The summed E-state index contributed by atoms with van der Waals surface area (Å²) in [5.74, 6) is -0.473. The predicted molar refractivity (Wildman–Crippen MR) is 70.5 cm³/mol. The Bertz CT molecular complexity index is 670. The first-order chi connectivity index (χ1) is 9.31. The number of esters is 1. The van der Waals surface area contributed by atoms with Crippen molar-refractivity contribution < 1.29 is 19.1 Å². The molecule has 1 aromatic carbocycles. The highest BCUT2D eigenvalue weighted by molar-refractivity contribution is 5.94. The van der Waals surface area contributed by atoms with Crippen LogP contribution in [0.5, 0.6) is 0 Å². The summed E-state index contributed by atoms with van der Waals surface area (Å²) >= 11 is 0. The lowest BCUT2D eigenvalue weighted by Crippen LogP contribution is -2.27. The monoisotopic (exact) mass is 277 g/mol. The number of benzene rings is 1. The zero-order valence-corrected chi connectivity index (χ0v) is 11.7. The quantitative estimate of drug-likeness (QED) is 0.741. The summed E-state index contributed by atoms with van der Waals surface area (Å²) in [7, 11) is 1.30. The molecule has 0 bridgehead atoms. The van der Waals surface area contributed by atoms with Crippen molar-refractivity contribution in [2.24, 2.45) is 0 Å². The van der Waals surface area contributed by atoms with Gasteiger partial charge in [-0.25, -0.2) is 9.59 Å². The van der Waals surface area contributed by atoms with E-state index in [1.54, 1.807) is 32.9 Å². The van der Waals surface area contributed by atoms with Crippen LogP contribution >= 0.6 is 0 Å². The zero-order valence-electron chi connectivity index (χ0n) is 11.7. The Morgan fingerprint density at radius 3 is 2.55 bits per heavy atom. The molecule has 0 N–H and O–H groups in total. The lowest BCUT2D eigenvalue weighted by Gasteiger charge is -2.18. The van der Waals surface area contributed by atoms with Gasteiger partial charge in [0.05, 0.1) is 12.7 Å². The van der Waals surface area contributed by atoms with E-state index in [0.717, 1.165) is 4.68 Å². The first kappa shape index (κ1) is 14.0. The molecule has 0 atom stereocenters. The molecule has 106 valence electrons. The van der Waals surface area contributed by atoms with Gasteiger partial charge in [-0.3, -0.25) is 0 Å². The molecule has 0 radical (unpaired) electrons. The third-order valence-corrected chi connectivity index (χ3v) is 2.43. The number of hydrogen-bond donors (Lipinski definition) is 0. The number of carbonyl (C=O) groups is 2. The van der Waals surface area contributed by atoms with Crippen molar-refractivity contribution in [3.8, 4) is 0 Å². The third kappa shape index (κ3) is 2.76.